The van der Waals surface area contributed by atoms with Crippen LogP contribution in [0, 0.1) is 5.92 Å². The molecule has 3 aromatic rings. The van der Waals surface area contributed by atoms with Crippen LogP contribution < -0.4 is 5.32 Å². The molecule has 0 bridgehead atoms. The molecule has 1 saturated heterocycles. The van der Waals surface area contributed by atoms with Crippen molar-refractivity contribution in [3.05, 3.63) is 102 Å². The van der Waals surface area contributed by atoms with Crippen molar-refractivity contribution in [3.8, 4) is 0 Å². The topological polar surface area (TPSA) is 49.4 Å². The Balaban J connectivity index is 1.74. The molecule has 0 aromatic heterocycles. The van der Waals surface area contributed by atoms with Crippen LogP contribution in [0.5, 0.6) is 0 Å². The molecule has 0 aliphatic carbocycles. The Morgan fingerprint density at radius 2 is 1.55 bits per heavy atom. The molecule has 29 heavy (non-hydrogen) atoms. The van der Waals surface area contributed by atoms with Crippen LogP contribution in [-0.2, 0) is 10.3 Å². The summed E-state index contributed by atoms with van der Waals surface area (Å²) in [4.78, 5) is 29.4. The van der Waals surface area contributed by atoms with Crippen LogP contribution in [0.4, 0.5) is 5.69 Å². The number of anilines is 1. The maximum Gasteiger partial charge on any atom is 0.250 e. The van der Waals surface area contributed by atoms with E-state index in [1.165, 1.54) is 0 Å². The molecule has 4 heteroatoms. The minimum Gasteiger partial charge on any atom is -0.324 e. The van der Waals surface area contributed by atoms with Crippen molar-refractivity contribution in [2.75, 3.05) is 18.9 Å². The molecule has 1 spiro atoms. The summed E-state index contributed by atoms with van der Waals surface area (Å²) in [5.74, 6) is -0.698. The van der Waals surface area contributed by atoms with Crippen molar-refractivity contribution in [1.29, 1.82) is 0 Å². The molecule has 1 unspecified atom stereocenters. The SMILES string of the molecule is CN1C[C@H](c2ccccc2)C(C(=O)c2ccccc2)[C@]12C(=O)Nc1ccccc12. The minimum absolute atomic E-state index is 0.00987. The van der Waals surface area contributed by atoms with Gasteiger partial charge in [0.1, 0.15) is 5.54 Å². The monoisotopic (exact) mass is 382 g/mol. The summed E-state index contributed by atoms with van der Waals surface area (Å²) < 4.78 is 0. The highest BCUT2D eigenvalue weighted by Crippen LogP contribution is 2.55. The number of ketones is 1. The lowest BCUT2D eigenvalue weighted by atomic mass is 9.70. The number of fused-ring (bicyclic) bond motifs is 2. The average molecular weight is 382 g/mol. The van der Waals surface area contributed by atoms with Crippen LogP contribution in [0.15, 0.2) is 84.9 Å². The number of nitrogens with one attached hydrogen (secondary N) is 1. The highest BCUT2D eigenvalue weighted by molar-refractivity contribution is 6.12. The van der Waals surface area contributed by atoms with E-state index in [1.807, 2.05) is 79.8 Å². The molecule has 2 aliphatic heterocycles. The number of Topliss-reactive ketones (excluding diaryl/α,β-unsaturated/α-hetero) is 1. The molecule has 5 rings (SSSR count). The van der Waals surface area contributed by atoms with Gasteiger partial charge >= 0.3 is 0 Å². The number of amides is 1. The van der Waals surface area contributed by atoms with Crippen molar-refractivity contribution < 1.29 is 9.59 Å². The van der Waals surface area contributed by atoms with E-state index in [1.54, 1.807) is 0 Å². The first-order valence-corrected chi connectivity index (χ1v) is 9.90. The number of likely N-dealkylation sites (N-methyl/N-ethyl adjacent to an activating group) is 1. The molecule has 1 fully saturated rings. The van der Waals surface area contributed by atoms with Gasteiger partial charge in [-0.15, -0.1) is 0 Å². The second-order valence-electron chi connectivity index (χ2n) is 7.87. The molecule has 3 aromatic carbocycles. The van der Waals surface area contributed by atoms with E-state index in [-0.39, 0.29) is 17.6 Å². The van der Waals surface area contributed by atoms with E-state index in [4.69, 9.17) is 0 Å². The molecule has 1 amide bonds. The number of nitrogens with zero attached hydrogens (tertiary/aromatic N) is 1. The number of hydrogen-bond donors (Lipinski definition) is 1. The first-order valence-electron chi connectivity index (χ1n) is 9.90. The Hall–Kier alpha value is -3.24. The van der Waals surface area contributed by atoms with E-state index >= 15 is 0 Å². The predicted molar refractivity (Wildman–Crippen MR) is 113 cm³/mol. The van der Waals surface area contributed by atoms with Gasteiger partial charge in [0, 0.05) is 29.3 Å². The van der Waals surface area contributed by atoms with Crippen LogP contribution >= 0.6 is 0 Å². The Labute approximate surface area is 170 Å². The summed E-state index contributed by atoms with van der Waals surface area (Å²) in [5, 5.41) is 3.04. The molecule has 0 saturated carbocycles. The normalized spacial score (nSPS) is 25.8. The zero-order chi connectivity index (χ0) is 20.0. The fourth-order valence-corrected chi connectivity index (χ4v) is 5.18. The van der Waals surface area contributed by atoms with Crippen LogP contribution in [0.25, 0.3) is 0 Å². The van der Waals surface area contributed by atoms with Crippen LogP contribution in [0.3, 0.4) is 0 Å². The van der Waals surface area contributed by atoms with Crippen LogP contribution in [0.1, 0.15) is 27.4 Å². The summed E-state index contributed by atoms with van der Waals surface area (Å²) in [5.41, 5.74) is 2.40. The van der Waals surface area contributed by atoms with E-state index in [0.29, 0.717) is 12.1 Å². The summed E-state index contributed by atoms with van der Waals surface area (Å²) in [6, 6.07) is 27.1. The first kappa shape index (κ1) is 17.8. The van der Waals surface area contributed by atoms with Crippen molar-refractivity contribution in [2.24, 2.45) is 5.92 Å². The van der Waals surface area contributed by atoms with Gasteiger partial charge in [0.15, 0.2) is 5.78 Å². The third-order valence-corrected chi connectivity index (χ3v) is 6.43. The Morgan fingerprint density at radius 1 is 0.931 bits per heavy atom. The highest BCUT2D eigenvalue weighted by Gasteiger charge is 2.64. The smallest absolute Gasteiger partial charge is 0.250 e. The van der Waals surface area contributed by atoms with Gasteiger partial charge in [0.2, 0.25) is 5.91 Å². The summed E-state index contributed by atoms with van der Waals surface area (Å²) in [6.07, 6.45) is 0. The predicted octanol–water partition coefficient (Wildman–Crippen LogP) is 4.06. The molecular weight excluding hydrogens is 360 g/mol. The molecular formula is C25H22N2O2. The quantitative estimate of drug-likeness (QED) is 0.695. The van der Waals surface area contributed by atoms with E-state index < -0.39 is 11.5 Å². The molecule has 3 atom stereocenters. The van der Waals surface area contributed by atoms with Crippen molar-refractivity contribution in [2.45, 2.75) is 11.5 Å². The average Bonchev–Trinajstić information content (AvgIpc) is 3.24. The molecule has 0 radical (unpaired) electrons. The van der Waals surface area contributed by atoms with Gasteiger partial charge < -0.3 is 5.32 Å². The lowest BCUT2D eigenvalue weighted by Gasteiger charge is -2.35. The second-order valence-corrected chi connectivity index (χ2v) is 7.87. The van der Waals surface area contributed by atoms with Crippen molar-refractivity contribution in [3.63, 3.8) is 0 Å². The Morgan fingerprint density at radius 3 is 2.28 bits per heavy atom. The third-order valence-electron chi connectivity index (χ3n) is 6.43. The van der Waals surface area contributed by atoms with Gasteiger partial charge in [0.25, 0.3) is 0 Å². The number of carbonyl (C=O) groups excluding carboxylic acids is 2. The zero-order valence-electron chi connectivity index (χ0n) is 16.2. The molecule has 2 heterocycles. The molecule has 4 nitrogen and oxygen atoms in total. The standard InChI is InChI=1S/C25H22N2O2/c1-27-16-19(17-10-4-2-5-11-17)22(23(28)18-12-6-3-7-13-18)25(27)20-14-8-9-15-21(20)26-24(25)29/h2-15,19,22H,16H2,1H3,(H,26,29)/t19-,22?,25-/m1/s1. The summed E-state index contributed by atoms with van der Waals surface area (Å²) in [6.45, 7) is 0.634. The number of benzene rings is 3. The van der Waals surface area contributed by atoms with Gasteiger partial charge in [-0.05, 0) is 18.7 Å². The molecule has 144 valence electrons. The lowest BCUT2D eigenvalue weighted by Crippen LogP contribution is -2.51. The number of likely N-dealkylation sites (tertiary alicyclic amines) is 1. The summed E-state index contributed by atoms with van der Waals surface area (Å²) in [7, 11) is 1.95. The van der Waals surface area contributed by atoms with E-state index in [2.05, 4.69) is 22.3 Å². The molecule has 2 aliphatic rings. The van der Waals surface area contributed by atoms with Gasteiger partial charge in [-0.3, -0.25) is 14.5 Å². The largest absolute Gasteiger partial charge is 0.324 e. The van der Waals surface area contributed by atoms with E-state index in [0.717, 1.165) is 16.8 Å². The van der Waals surface area contributed by atoms with Crippen LogP contribution in [-0.4, -0.2) is 30.2 Å². The highest BCUT2D eigenvalue weighted by atomic mass is 16.2. The van der Waals surface area contributed by atoms with Crippen molar-refractivity contribution >= 4 is 17.4 Å². The van der Waals surface area contributed by atoms with Gasteiger partial charge in [-0.1, -0.05) is 78.9 Å². The second kappa shape index (κ2) is 6.68. The minimum atomic E-state index is -1.01. The summed E-state index contributed by atoms with van der Waals surface area (Å²) >= 11 is 0. The van der Waals surface area contributed by atoms with Crippen LogP contribution in [0.2, 0.25) is 0 Å². The lowest BCUT2D eigenvalue weighted by molar-refractivity contribution is -0.126. The fraction of sp³-hybridized carbons (Fsp3) is 0.200. The van der Waals surface area contributed by atoms with Gasteiger partial charge in [-0.2, -0.15) is 0 Å². The number of carbonyl (C=O) groups is 2. The van der Waals surface area contributed by atoms with Crippen molar-refractivity contribution in [1.82, 2.24) is 4.90 Å². The third kappa shape index (κ3) is 2.49. The first-order chi connectivity index (χ1) is 14.1. The Bertz CT molecular complexity index is 1080. The van der Waals surface area contributed by atoms with E-state index in [9.17, 15) is 9.59 Å². The zero-order valence-corrected chi connectivity index (χ0v) is 16.2. The van der Waals surface area contributed by atoms with Gasteiger partial charge in [0.05, 0.1) is 5.92 Å². The molecule has 1 N–H and O–H groups in total. The number of hydrogen-bond acceptors (Lipinski definition) is 3. The fourth-order valence-electron chi connectivity index (χ4n) is 5.18. The number of rotatable bonds is 3. The number of para-hydroxylation sites is 1. The maximum atomic E-state index is 13.9. The Kier molecular flexibility index (Phi) is 4.10. The maximum absolute atomic E-state index is 13.9. The van der Waals surface area contributed by atoms with Gasteiger partial charge in [-0.25, -0.2) is 0 Å².